The molecule has 0 aromatic carbocycles. The molecule has 0 aliphatic carbocycles. The van der Waals surface area contributed by atoms with Crippen LogP contribution in [0.2, 0.25) is 0 Å². The van der Waals surface area contributed by atoms with Gasteiger partial charge in [-0.25, -0.2) is 28.1 Å². The van der Waals surface area contributed by atoms with Crippen molar-refractivity contribution in [2.75, 3.05) is 18.9 Å². The summed E-state index contributed by atoms with van der Waals surface area (Å²) < 4.78 is 35.1. The zero-order valence-electron chi connectivity index (χ0n) is 15.5. The van der Waals surface area contributed by atoms with Gasteiger partial charge in [0, 0.05) is 0 Å². The second-order valence-electron chi connectivity index (χ2n) is 7.07. The molecule has 1 amide bonds. The lowest BCUT2D eigenvalue weighted by Crippen LogP contribution is -2.58. The van der Waals surface area contributed by atoms with Gasteiger partial charge in [0.2, 0.25) is 0 Å². The average molecular weight is 443 g/mol. The molecular weight excluding hydrogens is 422 g/mol. The molecule has 7 N–H and O–H groups in total. The van der Waals surface area contributed by atoms with E-state index in [2.05, 4.69) is 20.3 Å². The summed E-state index contributed by atoms with van der Waals surface area (Å²) in [5.41, 5.74) is 5.65. The van der Waals surface area contributed by atoms with Gasteiger partial charge in [0.05, 0.1) is 12.6 Å². The molecule has 2 aromatic heterocycles. The van der Waals surface area contributed by atoms with Crippen LogP contribution in [-0.4, -0.2) is 86.7 Å². The number of amides is 1. The van der Waals surface area contributed by atoms with Crippen molar-refractivity contribution in [3.8, 4) is 0 Å². The molecule has 2 fully saturated rings. The first-order valence-corrected chi connectivity index (χ1v) is 10.6. The molecule has 2 aliphatic heterocycles. The van der Waals surface area contributed by atoms with Crippen molar-refractivity contribution in [3.63, 3.8) is 0 Å². The Morgan fingerprint density at radius 1 is 1.40 bits per heavy atom. The van der Waals surface area contributed by atoms with E-state index in [0.29, 0.717) is 19.4 Å². The quantitative estimate of drug-likeness (QED) is 0.263. The number of aliphatic hydroxyl groups is 3. The standard InChI is InChI=1S/C15H21N7O7S/c16-12-9-13(19-5-18-12)22(6-20-9)15(11(25)10(24)8(4-23)29-15)30(27,28)21-14(26)7-2-1-3-17-7/h5-8,10-11,17,23-25H,1-4H2,(H,21,26)(H2,16,18,19)/t7-,8+,10+,11+,15-/m0/s1. The van der Waals surface area contributed by atoms with Crippen LogP contribution in [0.4, 0.5) is 5.82 Å². The number of carbonyl (C=O) groups excluding carboxylic acids is 1. The minimum absolute atomic E-state index is 0.0219. The molecule has 5 atom stereocenters. The van der Waals surface area contributed by atoms with Gasteiger partial charge in [-0.2, -0.15) is 0 Å². The Balaban J connectivity index is 1.86. The van der Waals surface area contributed by atoms with E-state index < -0.39 is 51.9 Å². The van der Waals surface area contributed by atoms with E-state index in [9.17, 15) is 28.5 Å². The highest BCUT2D eigenvalue weighted by Crippen LogP contribution is 2.41. The Labute approximate surface area is 170 Å². The Hall–Kier alpha value is -2.43. The van der Waals surface area contributed by atoms with Crippen molar-refractivity contribution in [3.05, 3.63) is 12.7 Å². The smallest absolute Gasteiger partial charge is 0.300 e. The molecule has 30 heavy (non-hydrogen) atoms. The molecule has 4 heterocycles. The number of rotatable bonds is 5. The fourth-order valence-electron chi connectivity index (χ4n) is 3.74. The van der Waals surface area contributed by atoms with Crippen molar-refractivity contribution in [1.82, 2.24) is 29.6 Å². The van der Waals surface area contributed by atoms with Gasteiger partial charge < -0.3 is 31.1 Å². The summed E-state index contributed by atoms with van der Waals surface area (Å²) in [5, 5.41) is 30.7. The molecule has 0 radical (unpaired) electrons. The molecular formula is C15H21N7O7S. The van der Waals surface area contributed by atoms with Crippen molar-refractivity contribution >= 4 is 32.9 Å². The first-order chi connectivity index (χ1) is 14.2. The van der Waals surface area contributed by atoms with E-state index in [1.54, 1.807) is 0 Å². The maximum atomic E-state index is 13.4. The number of ether oxygens (including phenoxy) is 1. The van der Waals surface area contributed by atoms with Crippen LogP contribution in [0.1, 0.15) is 12.8 Å². The summed E-state index contributed by atoms with van der Waals surface area (Å²) >= 11 is 0. The predicted molar refractivity (Wildman–Crippen MR) is 99.8 cm³/mol. The molecule has 14 nitrogen and oxygen atoms in total. The summed E-state index contributed by atoms with van der Waals surface area (Å²) in [6.07, 6.45) is -2.20. The number of anilines is 1. The Morgan fingerprint density at radius 2 is 2.17 bits per heavy atom. The monoisotopic (exact) mass is 443 g/mol. The first-order valence-electron chi connectivity index (χ1n) is 9.11. The summed E-state index contributed by atoms with van der Waals surface area (Å²) in [4.78, 5) is 24.2. The van der Waals surface area contributed by atoms with Crippen LogP contribution >= 0.6 is 0 Å². The van der Waals surface area contributed by atoms with Crippen LogP contribution in [0.3, 0.4) is 0 Å². The number of carbonyl (C=O) groups is 1. The van der Waals surface area contributed by atoms with Gasteiger partial charge in [-0.05, 0) is 19.4 Å². The zero-order valence-corrected chi connectivity index (χ0v) is 16.4. The van der Waals surface area contributed by atoms with E-state index >= 15 is 0 Å². The predicted octanol–water partition coefficient (Wildman–Crippen LogP) is -3.67. The molecule has 164 valence electrons. The number of nitrogen functional groups attached to an aromatic ring is 1. The highest BCUT2D eigenvalue weighted by Gasteiger charge is 2.65. The van der Waals surface area contributed by atoms with Crippen molar-refractivity contribution in [2.24, 2.45) is 0 Å². The molecule has 0 bridgehead atoms. The van der Waals surface area contributed by atoms with Crippen LogP contribution in [0, 0.1) is 0 Å². The summed E-state index contributed by atoms with van der Waals surface area (Å²) in [6, 6.07) is -0.744. The van der Waals surface area contributed by atoms with Crippen LogP contribution in [0.25, 0.3) is 11.2 Å². The van der Waals surface area contributed by atoms with Gasteiger partial charge in [-0.3, -0.25) is 9.36 Å². The molecule has 0 unspecified atom stereocenters. The second-order valence-corrected chi connectivity index (χ2v) is 8.87. The maximum Gasteiger partial charge on any atom is 0.300 e. The molecule has 0 saturated carbocycles. The number of aliphatic hydroxyl groups excluding tert-OH is 3. The minimum Gasteiger partial charge on any atom is -0.394 e. The van der Waals surface area contributed by atoms with Crippen molar-refractivity contribution in [2.45, 2.75) is 42.3 Å². The average Bonchev–Trinajstić information content (AvgIpc) is 3.42. The fourth-order valence-corrected chi connectivity index (χ4v) is 5.39. The third-order valence-electron chi connectivity index (χ3n) is 5.27. The van der Waals surface area contributed by atoms with E-state index in [0.717, 1.165) is 17.2 Å². The molecule has 2 aromatic rings. The summed E-state index contributed by atoms with van der Waals surface area (Å²) in [7, 11) is -4.87. The van der Waals surface area contributed by atoms with Crippen LogP contribution in [0.5, 0.6) is 0 Å². The third kappa shape index (κ3) is 2.93. The SMILES string of the molecule is Nc1ncnc2c1ncn2[C@]1(S(=O)(=O)NC(=O)[C@@H]2CCCN2)O[C@H](CO)[C@@H](O)[C@H]1O. The Bertz CT molecular complexity index is 1070. The number of nitrogens with zero attached hydrogens (tertiary/aromatic N) is 4. The van der Waals surface area contributed by atoms with E-state index in [1.165, 1.54) is 0 Å². The third-order valence-corrected chi connectivity index (χ3v) is 7.05. The lowest BCUT2D eigenvalue weighted by Gasteiger charge is -2.32. The number of nitrogens with one attached hydrogen (secondary N) is 2. The number of fused-ring (bicyclic) bond motifs is 1. The molecule has 0 spiro atoms. The van der Waals surface area contributed by atoms with Gasteiger partial charge in [0.15, 0.2) is 11.5 Å². The van der Waals surface area contributed by atoms with Crippen LogP contribution in [0.15, 0.2) is 12.7 Å². The zero-order chi connectivity index (χ0) is 21.7. The van der Waals surface area contributed by atoms with Crippen LogP contribution in [-0.2, 0) is 24.6 Å². The number of hydrogen-bond donors (Lipinski definition) is 6. The van der Waals surface area contributed by atoms with Gasteiger partial charge in [-0.15, -0.1) is 0 Å². The van der Waals surface area contributed by atoms with Gasteiger partial charge in [0.25, 0.3) is 15.9 Å². The van der Waals surface area contributed by atoms with Crippen molar-refractivity contribution < 1.29 is 33.3 Å². The van der Waals surface area contributed by atoms with Gasteiger partial charge >= 0.3 is 5.06 Å². The highest BCUT2D eigenvalue weighted by molar-refractivity contribution is 7.90. The largest absolute Gasteiger partial charge is 0.394 e. The number of sulfonamides is 1. The topological polar surface area (TPSA) is 215 Å². The molecule has 2 aliphatic rings. The molecule has 4 rings (SSSR count). The summed E-state index contributed by atoms with van der Waals surface area (Å²) in [5.74, 6) is -0.902. The van der Waals surface area contributed by atoms with Gasteiger partial charge in [0.1, 0.15) is 36.5 Å². The minimum atomic E-state index is -4.87. The first kappa shape index (κ1) is 20.8. The Morgan fingerprint density at radius 3 is 2.80 bits per heavy atom. The lowest BCUT2D eigenvalue weighted by molar-refractivity contribution is -0.121. The Kier molecular flexibility index (Phi) is 5.11. The number of hydrogen-bond acceptors (Lipinski definition) is 12. The highest BCUT2D eigenvalue weighted by atomic mass is 32.2. The number of imidazole rings is 1. The van der Waals surface area contributed by atoms with Gasteiger partial charge in [-0.1, -0.05) is 0 Å². The van der Waals surface area contributed by atoms with E-state index in [1.807, 2.05) is 4.72 Å². The van der Waals surface area contributed by atoms with Crippen LogP contribution < -0.4 is 15.8 Å². The fraction of sp³-hybridized carbons (Fsp3) is 0.600. The normalized spacial score (nSPS) is 32.0. The number of nitrogens with two attached hydrogens (primary N) is 1. The van der Waals surface area contributed by atoms with E-state index in [4.69, 9.17) is 10.5 Å². The number of aromatic nitrogens is 4. The van der Waals surface area contributed by atoms with E-state index in [-0.39, 0.29) is 17.0 Å². The second kappa shape index (κ2) is 7.36. The molecule has 15 heteroatoms. The maximum absolute atomic E-state index is 13.4. The van der Waals surface area contributed by atoms with Crippen molar-refractivity contribution in [1.29, 1.82) is 0 Å². The lowest BCUT2D eigenvalue weighted by atomic mass is 10.1. The molecule has 2 saturated heterocycles. The summed E-state index contributed by atoms with van der Waals surface area (Å²) in [6.45, 7) is -0.243.